The molecule has 138 valence electrons. The summed E-state index contributed by atoms with van der Waals surface area (Å²) in [5.74, 6) is 0.803. The van der Waals surface area contributed by atoms with Gasteiger partial charge in [-0.05, 0) is 55.0 Å². The molecule has 1 aromatic heterocycles. The second kappa shape index (κ2) is 6.70. The van der Waals surface area contributed by atoms with Crippen LogP contribution < -0.4 is 10.4 Å². The SMILES string of the molecule is O=c1oc2c3c(ccc2c2c1CCCC2)OCN(Cc1ccccc1Cl)C3. The molecule has 0 amide bonds. The van der Waals surface area contributed by atoms with Crippen LogP contribution in [0, 0.1) is 0 Å². The fraction of sp³-hybridized carbons (Fsp3) is 0.318. The van der Waals surface area contributed by atoms with Crippen molar-refractivity contribution in [3.05, 3.63) is 74.1 Å². The molecule has 0 saturated heterocycles. The van der Waals surface area contributed by atoms with E-state index in [2.05, 4.69) is 4.90 Å². The summed E-state index contributed by atoms with van der Waals surface area (Å²) in [6.45, 7) is 1.84. The van der Waals surface area contributed by atoms with Crippen LogP contribution in [0.25, 0.3) is 11.0 Å². The summed E-state index contributed by atoms with van der Waals surface area (Å²) >= 11 is 6.31. The van der Waals surface area contributed by atoms with Gasteiger partial charge in [-0.3, -0.25) is 4.90 Å². The Morgan fingerprint density at radius 2 is 1.81 bits per heavy atom. The Morgan fingerprint density at radius 3 is 2.67 bits per heavy atom. The van der Waals surface area contributed by atoms with Gasteiger partial charge in [-0.25, -0.2) is 4.79 Å². The second-order valence-corrected chi connectivity index (χ2v) is 7.73. The molecule has 27 heavy (non-hydrogen) atoms. The molecule has 0 spiro atoms. The average Bonchev–Trinajstić information content (AvgIpc) is 2.70. The van der Waals surface area contributed by atoms with Gasteiger partial charge in [-0.1, -0.05) is 29.8 Å². The number of aryl methyl sites for hydroxylation is 1. The van der Waals surface area contributed by atoms with Crippen LogP contribution in [-0.4, -0.2) is 11.6 Å². The molecule has 5 heteroatoms. The molecule has 0 radical (unpaired) electrons. The molecule has 0 fully saturated rings. The lowest BCUT2D eigenvalue weighted by molar-refractivity contribution is 0.0890. The maximum Gasteiger partial charge on any atom is 0.339 e. The first-order chi connectivity index (χ1) is 13.2. The molecule has 2 heterocycles. The van der Waals surface area contributed by atoms with Crippen molar-refractivity contribution in [1.82, 2.24) is 4.90 Å². The van der Waals surface area contributed by atoms with Gasteiger partial charge in [-0.2, -0.15) is 0 Å². The minimum atomic E-state index is -0.186. The zero-order chi connectivity index (χ0) is 18.4. The number of fused-ring (bicyclic) bond motifs is 5. The highest BCUT2D eigenvalue weighted by atomic mass is 35.5. The summed E-state index contributed by atoms with van der Waals surface area (Å²) in [5, 5.41) is 1.81. The van der Waals surface area contributed by atoms with Crippen LogP contribution in [0.3, 0.4) is 0 Å². The molecule has 1 aliphatic carbocycles. The number of halogens is 1. The van der Waals surface area contributed by atoms with E-state index in [0.717, 1.165) is 58.5 Å². The summed E-state index contributed by atoms with van der Waals surface area (Å²) < 4.78 is 11.8. The normalized spacial score (nSPS) is 16.6. The summed E-state index contributed by atoms with van der Waals surface area (Å²) in [5.41, 5.74) is 4.54. The zero-order valence-corrected chi connectivity index (χ0v) is 15.7. The van der Waals surface area contributed by atoms with Crippen LogP contribution in [0.4, 0.5) is 0 Å². The van der Waals surface area contributed by atoms with Gasteiger partial charge in [0.1, 0.15) is 18.1 Å². The quantitative estimate of drug-likeness (QED) is 0.604. The van der Waals surface area contributed by atoms with E-state index in [-0.39, 0.29) is 5.63 Å². The molecular formula is C22H20ClNO3. The third-order valence-electron chi connectivity index (χ3n) is 5.59. The Morgan fingerprint density at radius 1 is 1.00 bits per heavy atom. The first-order valence-electron chi connectivity index (χ1n) is 9.40. The van der Waals surface area contributed by atoms with E-state index in [4.69, 9.17) is 20.8 Å². The van der Waals surface area contributed by atoms with Crippen molar-refractivity contribution in [2.24, 2.45) is 0 Å². The molecule has 4 nitrogen and oxygen atoms in total. The lowest BCUT2D eigenvalue weighted by Crippen LogP contribution is -2.32. The summed E-state index contributed by atoms with van der Waals surface area (Å²) in [7, 11) is 0. The predicted octanol–water partition coefficient (Wildman–Crippen LogP) is 4.68. The topological polar surface area (TPSA) is 42.7 Å². The highest BCUT2D eigenvalue weighted by molar-refractivity contribution is 6.31. The van der Waals surface area contributed by atoms with Crippen LogP contribution >= 0.6 is 11.6 Å². The molecule has 1 aliphatic heterocycles. The van der Waals surface area contributed by atoms with Gasteiger partial charge in [0.25, 0.3) is 0 Å². The largest absolute Gasteiger partial charge is 0.478 e. The van der Waals surface area contributed by atoms with Crippen molar-refractivity contribution in [3.8, 4) is 5.75 Å². The highest BCUT2D eigenvalue weighted by Crippen LogP contribution is 2.36. The van der Waals surface area contributed by atoms with Gasteiger partial charge in [0.15, 0.2) is 0 Å². The van der Waals surface area contributed by atoms with Crippen LogP contribution in [0.2, 0.25) is 5.02 Å². The van der Waals surface area contributed by atoms with Crippen molar-refractivity contribution in [2.45, 2.75) is 38.8 Å². The van der Waals surface area contributed by atoms with Crippen LogP contribution in [0.5, 0.6) is 5.75 Å². The third kappa shape index (κ3) is 2.93. The molecule has 0 N–H and O–H groups in total. The Labute approximate surface area is 162 Å². The Kier molecular flexibility index (Phi) is 4.18. The zero-order valence-electron chi connectivity index (χ0n) is 15.0. The number of nitrogens with zero attached hydrogens (tertiary/aromatic N) is 1. The van der Waals surface area contributed by atoms with Gasteiger partial charge < -0.3 is 9.15 Å². The van der Waals surface area contributed by atoms with Crippen molar-refractivity contribution < 1.29 is 9.15 Å². The van der Waals surface area contributed by atoms with Gasteiger partial charge in [-0.15, -0.1) is 0 Å². The maximum absolute atomic E-state index is 12.5. The minimum absolute atomic E-state index is 0.186. The van der Waals surface area contributed by atoms with Gasteiger partial charge >= 0.3 is 5.63 Å². The Balaban J connectivity index is 1.56. The van der Waals surface area contributed by atoms with Gasteiger partial charge in [0.2, 0.25) is 0 Å². The monoisotopic (exact) mass is 381 g/mol. The van der Waals surface area contributed by atoms with Gasteiger partial charge in [0.05, 0.1) is 5.56 Å². The number of rotatable bonds is 2. The fourth-order valence-corrected chi connectivity index (χ4v) is 4.43. The third-order valence-corrected chi connectivity index (χ3v) is 5.96. The first-order valence-corrected chi connectivity index (χ1v) is 9.77. The first kappa shape index (κ1) is 16.8. The number of hydrogen-bond donors (Lipinski definition) is 0. The summed E-state index contributed by atoms with van der Waals surface area (Å²) in [6, 6.07) is 11.9. The summed E-state index contributed by atoms with van der Waals surface area (Å²) in [4.78, 5) is 14.7. The molecule has 0 atom stereocenters. The van der Waals surface area contributed by atoms with E-state index >= 15 is 0 Å². The van der Waals surface area contributed by atoms with Crippen LogP contribution in [0.1, 0.15) is 35.1 Å². The molecule has 0 saturated carbocycles. The minimum Gasteiger partial charge on any atom is -0.478 e. The van der Waals surface area contributed by atoms with E-state index in [1.807, 2.05) is 36.4 Å². The molecule has 0 bridgehead atoms. The predicted molar refractivity (Wildman–Crippen MR) is 105 cm³/mol. The van der Waals surface area contributed by atoms with E-state index in [9.17, 15) is 4.79 Å². The smallest absolute Gasteiger partial charge is 0.339 e. The molecular weight excluding hydrogens is 362 g/mol. The average molecular weight is 382 g/mol. The van der Waals surface area contributed by atoms with Crippen LogP contribution in [0.15, 0.2) is 45.6 Å². The van der Waals surface area contributed by atoms with E-state index < -0.39 is 0 Å². The van der Waals surface area contributed by atoms with E-state index in [0.29, 0.717) is 25.4 Å². The number of benzene rings is 2. The molecule has 3 aromatic rings. The molecule has 0 unspecified atom stereocenters. The van der Waals surface area contributed by atoms with Crippen molar-refractivity contribution >= 4 is 22.6 Å². The summed E-state index contributed by atoms with van der Waals surface area (Å²) in [6.07, 6.45) is 3.95. The van der Waals surface area contributed by atoms with Crippen molar-refractivity contribution in [2.75, 3.05) is 6.73 Å². The second-order valence-electron chi connectivity index (χ2n) is 7.32. The van der Waals surface area contributed by atoms with E-state index in [1.54, 1.807) is 0 Å². The van der Waals surface area contributed by atoms with Gasteiger partial charge in [0, 0.05) is 29.1 Å². The van der Waals surface area contributed by atoms with Crippen molar-refractivity contribution in [3.63, 3.8) is 0 Å². The molecule has 2 aromatic carbocycles. The molecule has 2 aliphatic rings. The highest BCUT2D eigenvalue weighted by Gasteiger charge is 2.25. The molecule has 5 rings (SSSR count). The standard InChI is InChI=1S/C22H20ClNO3/c23-19-8-4-1-5-14(19)11-24-12-18-20(26-13-24)10-9-16-15-6-2-3-7-17(15)22(25)27-21(16)18/h1,4-5,8-10H,2-3,6-7,11-13H2. The Bertz CT molecular complexity index is 1090. The van der Waals surface area contributed by atoms with Crippen LogP contribution in [-0.2, 0) is 25.9 Å². The fourth-order valence-electron chi connectivity index (χ4n) is 4.23. The Hall–Kier alpha value is -2.30. The maximum atomic E-state index is 12.5. The number of ether oxygens (including phenoxy) is 1. The van der Waals surface area contributed by atoms with E-state index in [1.165, 1.54) is 5.56 Å². The lowest BCUT2D eigenvalue weighted by atomic mass is 9.90. The lowest BCUT2D eigenvalue weighted by Gasteiger charge is -2.30. The number of hydrogen-bond acceptors (Lipinski definition) is 4. The van der Waals surface area contributed by atoms with Crippen molar-refractivity contribution in [1.29, 1.82) is 0 Å².